The molecule has 2 heterocycles. The van der Waals surface area contributed by atoms with Crippen molar-refractivity contribution in [3.05, 3.63) is 124 Å². The molecular formula is C33H21N. The number of aromatic nitrogens is 1. The molecule has 0 radical (unpaired) electrons. The van der Waals surface area contributed by atoms with Crippen LogP contribution in [0.3, 0.4) is 0 Å². The Labute approximate surface area is 197 Å². The fraction of sp³-hybridized carbons (Fsp3) is 0.0909. The molecule has 0 bridgehead atoms. The molecule has 34 heavy (non-hydrogen) atoms. The lowest BCUT2D eigenvalue weighted by molar-refractivity contribution is 1.03. The number of fused-ring (bicyclic) bond motifs is 12. The Morgan fingerprint density at radius 1 is 0.500 bits per heavy atom. The maximum Gasteiger partial charge on any atom is 0.0583 e. The molecule has 2 aliphatic carbocycles. The van der Waals surface area contributed by atoms with Gasteiger partial charge in [-0.15, -0.1) is 0 Å². The quantitative estimate of drug-likeness (QED) is 0.231. The average molecular weight is 432 g/mol. The summed E-state index contributed by atoms with van der Waals surface area (Å²) in [5, 5.41) is 2.82. The van der Waals surface area contributed by atoms with Crippen molar-refractivity contribution < 1.29 is 0 Å². The summed E-state index contributed by atoms with van der Waals surface area (Å²) < 4.78 is 2.57. The van der Waals surface area contributed by atoms with Crippen LogP contribution >= 0.6 is 0 Å². The van der Waals surface area contributed by atoms with E-state index in [1.54, 1.807) is 0 Å². The zero-order valence-electron chi connectivity index (χ0n) is 18.7. The van der Waals surface area contributed by atoms with E-state index in [-0.39, 0.29) is 0 Å². The van der Waals surface area contributed by atoms with E-state index in [4.69, 9.17) is 0 Å². The van der Waals surface area contributed by atoms with Crippen molar-refractivity contribution in [2.45, 2.75) is 19.3 Å². The summed E-state index contributed by atoms with van der Waals surface area (Å²) in [6.45, 7) is 0. The minimum absolute atomic E-state index is 1.01. The summed E-state index contributed by atoms with van der Waals surface area (Å²) >= 11 is 0. The van der Waals surface area contributed by atoms with Crippen LogP contribution in [0.2, 0.25) is 0 Å². The zero-order valence-corrected chi connectivity index (χ0v) is 18.7. The van der Waals surface area contributed by atoms with Gasteiger partial charge in [-0.2, -0.15) is 0 Å². The highest BCUT2D eigenvalue weighted by molar-refractivity contribution is 6.19. The van der Waals surface area contributed by atoms with Gasteiger partial charge in [-0.3, -0.25) is 0 Å². The van der Waals surface area contributed by atoms with Crippen LogP contribution in [-0.2, 0) is 19.3 Å². The Hall–Kier alpha value is -4.10. The first-order valence-electron chi connectivity index (χ1n) is 12.3. The van der Waals surface area contributed by atoms with E-state index in [0.717, 1.165) is 19.3 Å². The molecule has 0 amide bonds. The maximum absolute atomic E-state index is 2.57. The van der Waals surface area contributed by atoms with Gasteiger partial charge in [0.05, 0.1) is 16.7 Å². The van der Waals surface area contributed by atoms with Gasteiger partial charge in [0.15, 0.2) is 0 Å². The van der Waals surface area contributed by atoms with Gasteiger partial charge in [0.25, 0.3) is 0 Å². The molecule has 5 aromatic carbocycles. The van der Waals surface area contributed by atoms with Crippen molar-refractivity contribution in [1.29, 1.82) is 0 Å². The summed E-state index contributed by atoms with van der Waals surface area (Å²) in [5.41, 5.74) is 18.6. The second-order valence-corrected chi connectivity index (χ2v) is 10.1. The highest BCUT2D eigenvalue weighted by Gasteiger charge is 2.31. The predicted octanol–water partition coefficient (Wildman–Crippen LogP) is 7.83. The number of benzene rings is 5. The van der Waals surface area contributed by atoms with Crippen molar-refractivity contribution in [1.82, 2.24) is 4.57 Å². The summed E-state index contributed by atoms with van der Waals surface area (Å²) in [6, 6.07) is 34.4. The predicted molar refractivity (Wildman–Crippen MR) is 140 cm³/mol. The molecule has 1 aliphatic heterocycles. The topological polar surface area (TPSA) is 4.93 Å². The molecule has 0 spiro atoms. The molecule has 6 aromatic rings. The van der Waals surface area contributed by atoms with Crippen molar-refractivity contribution >= 4 is 21.8 Å². The van der Waals surface area contributed by atoms with Crippen LogP contribution < -0.4 is 0 Å². The number of hydrogen-bond donors (Lipinski definition) is 0. The van der Waals surface area contributed by atoms with Crippen molar-refractivity contribution in [3.63, 3.8) is 0 Å². The van der Waals surface area contributed by atoms with E-state index in [2.05, 4.69) is 95.6 Å². The van der Waals surface area contributed by atoms with E-state index in [1.165, 1.54) is 83.1 Å². The minimum atomic E-state index is 1.01. The largest absolute Gasteiger partial charge is 0.309 e. The Kier molecular flexibility index (Phi) is 3.00. The van der Waals surface area contributed by atoms with E-state index in [0.29, 0.717) is 0 Å². The molecular weight excluding hydrogens is 410 g/mol. The first-order chi connectivity index (χ1) is 16.8. The second kappa shape index (κ2) is 5.87. The van der Waals surface area contributed by atoms with Crippen molar-refractivity contribution in [3.8, 4) is 27.9 Å². The standard InChI is InChI=1S/C33H21N/c1-3-9-25-19(7-1)13-21-15-22-16-24-17-23-14-20-8-2-4-10-26(20)31(23)32-27-11-5-6-12-29(27)34(33(24)32)30(22)18-28(21)25/h1-12,15,17-18H,13-14,16H2. The number of nitrogens with zero attached hydrogens (tertiary/aromatic N) is 1. The van der Waals surface area contributed by atoms with Crippen LogP contribution in [0.1, 0.15) is 33.4 Å². The Bertz CT molecular complexity index is 1880. The van der Waals surface area contributed by atoms with Gasteiger partial charge in [-0.05, 0) is 80.6 Å². The van der Waals surface area contributed by atoms with Gasteiger partial charge in [0.2, 0.25) is 0 Å². The molecule has 0 atom stereocenters. The molecule has 158 valence electrons. The van der Waals surface area contributed by atoms with Crippen LogP contribution in [0.15, 0.2) is 91.0 Å². The summed E-state index contributed by atoms with van der Waals surface area (Å²) in [5.74, 6) is 0. The van der Waals surface area contributed by atoms with Crippen LogP contribution in [0.4, 0.5) is 0 Å². The Balaban J connectivity index is 1.44. The molecule has 0 unspecified atom stereocenters. The molecule has 0 N–H and O–H groups in total. The summed E-state index contributed by atoms with van der Waals surface area (Å²) in [6.07, 6.45) is 3.10. The van der Waals surface area contributed by atoms with Gasteiger partial charge < -0.3 is 4.57 Å². The fourth-order valence-corrected chi connectivity index (χ4v) is 7.04. The summed E-state index contributed by atoms with van der Waals surface area (Å²) in [7, 11) is 0. The maximum atomic E-state index is 2.57. The molecule has 1 heteroatoms. The van der Waals surface area contributed by atoms with Crippen molar-refractivity contribution in [2.75, 3.05) is 0 Å². The van der Waals surface area contributed by atoms with Gasteiger partial charge in [-0.25, -0.2) is 0 Å². The highest BCUT2D eigenvalue weighted by atomic mass is 15.0. The smallest absolute Gasteiger partial charge is 0.0583 e. The van der Waals surface area contributed by atoms with Gasteiger partial charge >= 0.3 is 0 Å². The Morgan fingerprint density at radius 3 is 2.09 bits per heavy atom. The average Bonchev–Trinajstić information content (AvgIpc) is 3.53. The van der Waals surface area contributed by atoms with Gasteiger partial charge in [0.1, 0.15) is 0 Å². The van der Waals surface area contributed by atoms with Crippen LogP contribution in [0.5, 0.6) is 0 Å². The number of rotatable bonds is 0. The number of hydrogen-bond acceptors (Lipinski definition) is 0. The minimum Gasteiger partial charge on any atom is -0.309 e. The van der Waals surface area contributed by atoms with Crippen molar-refractivity contribution in [2.24, 2.45) is 0 Å². The molecule has 0 saturated heterocycles. The van der Waals surface area contributed by atoms with E-state index in [1.807, 2.05) is 0 Å². The first-order valence-corrected chi connectivity index (χ1v) is 12.3. The third kappa shape index (κ3) is 1.98. The summed E-state index contributed by atoms with van der Waals surface area (Å²) in [4.78, 5) is 0. The lowest BCUT2D eigenvalue weighted by Crippen LogP contribution is -2.09. The lowest BCUT2D eigenvalue weighted by atomic mass is 9.90. The molecule has 0 saturated carbocycles. The first kappa shape index (κ1) is 17.4. The Morgan fingerprint density at radius 2 is 1.18 bits per heavy atom. The SMILES string of the molecule is c1ccc2c(c1)Cc1cc3c(cc1-2)-n1c2ccccc2c2c4c(cc(c21)C3)Cc1ccccc1-4. The van der Waals surface area contributed by atoms with Gasteiger partial charge in [-0.1, -0.05) is 78.9 Å². The molecule has 1 nitrogen and oxygen atoms in total. The van der Waals surface area contributed by atoms with E-state index in [9.17, 15) is 0 Å². The van der Waals surface area contributed by atoms with Crippen LogP contribution in [0, 0.1) is 0 Å². The van der Waals surface area contributed by atoms with E-state index < -0.39 is 0 Å². The highest BCUT2D eigenvalue weighted by Crippen LogP contribution is 2.50. The fourth-order valence-electron chi connectivity index (χ4n) is 7.04. The molecule has 3 aliphatic rings. The molecule has 1 aromatic heterocycles. The van der Waals surface area contributed by atoms with E-state index >= 15 is 0 Å². The van der Waals surface area contributed by atoms with Gasteiger partial charge in [0, 0.05) is 17.2 Å². The third-order valence-electron chi connectivity index (χ3n) is 8.38. The number of para-hydroxylation sites is 1. The normalized spacial score (nSPS) is 14.1. The third-order valence-corrected chi connectivity index (χ3v) is 8.38. The monoisotopic (exact) mass is 431 g/mol. The van der Waals surface area contributed by atoms with Crippen LogP contribution in [-0.4, -0.2) is 4.57 Å². The zero-order chi connectivity index (χ0) is 22.0. The molecule has 0 fully saturated rings. The van der Waals surface area contributed by atoms with Crippen LogP contribution in [0.25, 0.3) is 49.7 Å². The second-order valence-electron chi connectivity index (χ2n) is 10.1. The molecule has 9 rings (SSSR count). The lowest BCUT2D eigenvalue weighted by Gasteiger charge is -2.23.